The molecule has 1 rings (SSSR count). The van der Waals surface area contributed by atoms with Crippen molar-refractivity contribution in [1.29, 1.82) is 0 Å². The van der Waals surface area contributed by atoms with Gasteiger partial charge in [0.2, 0.25) is 5.91 Å². The largest absolute Gasteiger partial charge is 0.466 e. The Hall–Kier alpha value is -1.06. The number of esters is 1. The zero-order valence-corrected chi connectivity index (χ0v) is 7.13. The summed E-state index contributed by atoms with van der Waals surface area (Å²) in [4.78, 5) is 22.0. The molecule has 0 unspecified atom stereocenters. The van der Waals surface area contributed by atoms with Gasteiger partial charge < -0.3 is 10.1 Å². The minimum absolute atomic E-state index is 0.0562. The van der Waals surface area contributed by atoms with Gasteiger partial charge in [0.15, 0.2) is 0 Å². The molecule has 1 aliphatic rings. The van der Waals surface area contributed by atoms with Gasteiger partial charge in [-0.1, -0.05) is 0 Å². The summed E-state index contributed by atoms with van der Waals surface area (Å²) in [5.74, 6) is -0.523. The van der Waals surface area contributed by atoms with Gasteiger partial charge in [-0.2, -0.15) is 0 Å². The summed E-state index contributed by atoms with van der Waals surface area (Å²) in [5.41, 5.74) is 0. The highest BCUT2D eigenvalue weighted by Crippen LogP contribution is 2.13. The van der Waals surface area contributed by atoms with Crippen LogP contribution in [0.2, 0.25) is 0 Å². The second-order valence-corrected chi connectivity index (χ2v) is 2.79. The van der Waals surface area contributed by atoms with Crippen LogP contribution in [0.1, 0.15) is 19.8 Å². The fourth-order valence-electron chi connectivity index (χ4n) is 1.25. The van der Waals surface area contributed by atoms with E-state index in [1.165, 1.54) is 0 Å². The van der Waals surface area contributed by atoms with E-state index in [4.69, 9.17) is 4.74 Å². The van der Waals surface area contributed by atoms with Gasteiger partial charge in [-0.3, -0.25) is 9.59 Å². The van der Waals surface area contributed by atoms with E-state index in [0.717, 1.165) is 0 Å². The van der Waals surface area contributed by atoms with E-state index in [-0.39, 0.29) is 24.2 Å². The molecule has 12 heavy (non-hydrogen) atoms. The molecular formula is C8H13NO3. The number of hydrogen-bond acceptors (Lipinski definition) is 3. The Kier molecular flexibility index (Phi) is 3.08. The van der Waals surface area contributed by atoms with Crippen LogP contribution in [0.3, 0.4) is 0 Å². The highest BCUT2D eigenvalue weighted by atomic mass is 16.5. The smallest absolute Gasteiger partial charge is 0.309 e. The number of piperidine rings is 1. The number of amides is 1. The summed E-state index contributed by atoms with van der Waals surface area (Å²) < 4.78 is 4.81. The number of nitrogens with one attached hydrogen (secondary N) is 1. The van der Waals surface area contributed by atoms with Crippen LogP contribution in [-0.4, -0.2) is 25.0 Å². The lowest BCUT2D eigenvalue weighted by Gasteiger charge is -2.19. The topological polar surface area (TPSA) is 55.4 Å². The summed E-state index contributed by atoms with van der Waals surface area (Å²) >= 11 is 0. The first-order valence-electron chi connectivity index (χ1n) is 4.17. The Morgan fingerprint density at radius 1 is 1.75 bits per heavy atom. The lowest BCUT2D eigenvalue weighted by molar-refractivity contribution is -0.151. The molecule has 1 fully saturated rings. The summed E-state index contributed by atoms with van der Waals surface area (Å²) in [6.45, 7) is 2.74. The minimum atomic E-state index is -0.243. The predicted octanol–water partition coefficient (Wildman–Crippen LogP) is 0.0757. The van der Waals surface area contributed by atoms with Crippen molar-refractivity contribution in [2.75, 3.05) is 13.2 Å². The summed E-state index contributed by atoms with van der Waals surface area (Å²) in [5, 5.41) is 2.66. The zero-order chi connectivity index (χ0) is 8.97. The maximum atomic E-state index is 11.1. The van der Waals surface area contributed by atoms with E-state index in [1.54, 1.807) is 6.92 Å². The molecule has 0 bridgehead atoms. The van der Waals surface area contributed by atoms with Crippen LogP contribution in [0.4, 0.5) is 0 Å². The lowest BCUT2D eigenvalue weighted by atomic mass is 9.98. The van der Waals surface area contributed by atoms with E-state index in [2.05, 4.69) is 5.32 Å². The third-order valence-electron chi connectivity index (χ3n) is 1.87. The predicted molar refractivity (Wildman–Crippen MR) is 42.4 cm³/mol. The van der Waals surface area contributed by atoms with E-state index >= 15 is 0 Å². The third-order valence-corrected chi connectivity index (χ3v) is 1.87. The molecule has 0 aromatic carbocycles. The van der Waals surface area contributed by atoms with Gasteiger partial charge in [0.05, 0.1) is 12.5 Å². The molecule has 0 aromatic heterocycles. The first-order chi connectivity index (χ1) is 5.74. The van der Waals surface area contributed by atoms with Gasteiger partial charge in [0.25, 0.3) is 0 Å². The molecule has 0 spiro atoms. The Bertz CT molecular complexity index is 191. The van der Waals surface area contributed by atoms with Gasteiger partial charge >= 0.3 is 5.97 Å². The molecule has 0 aromatic rings. The van der Waals surface area contributed by atoms with Crippen molar-refractivity contribution in [3.05, 3.63) is 0 Å². The standard InChI is InChI=1S/C8H13NO3/c1-2-12-8(11)6-3-4-9-7(10)5-6/h6H,2-5H2,1H3,(H,9,10)/t6-/m1/s1. The maximum absolute atomic E-state index is 11.1. The Labute approximate surface area is 71.3 Å². The van der Waals surface area contributed by atoms with Crippen molar-refractivity contribution >= 4 is 11.9 Å². The van der Waals surface area contributed by atoms with Crippen molar-refractivity contribution < 1.29 is 14.3 Å². The molecule has 0 aliphatic carbocycles. The summed E-state index contributed by atoms with van der Waals surface area (Å²) in [6.07, 6.45) is 0.976. The van der Waals surface area contributed by atoms with Crippen molar-refractivity contribution in [1.82, 2.24) is 5.32 Å². The number of hydrogen-bond donors (Lipinski definition) is 1. The lowest BCUT2D eigenvalue weighted by Crippen LogP contribution is -2.37. The Balaban J connectivity index is 2.40. The van der Waals surface area contributed by atoms with Crippen LogP contribution in [0.5, 0.6) is 0 Å². The van der Waals surface area contributed by atoms with Gasteiger partial charge in [0, 0.05) is 13.0 Å². The van der Waals surface area contributed by atoms with Crippen molar-refractivity contribution in [2.45, 2.75) is 19.8 Å². The molecule has 1 heterocycles. The Morgan fingerprint density at radius 3 is 3.08 bits per heavy atom. The monoisotopic (exact) mass is 171 g/mol. The SMILES string of the molecule is CCOC(=O)[C@@H]1CCNC(=O)C1. The van der Waals surface area contributed by atoms with Crippen LogP contribution in [-0.2, 0) is 14.3 Å². The average Bonchev–Trinajstić information content (AvgIpc) is 2.05. The Morgan fingerprint density at radius 2 is 2.50 bits per heavy atom. The molecule has 1 saturated heterocycles. The molecule has 1 N–H and O–H groups in total. The third kappa shape index (κ3) is 2.22. The first-order valence-corrected chi connectivity index (χ1v) is 4.17. The molecule has 4 heteroatoms. The van der Waals surface area contributed by atoms with Gasteiger partial charge in [-0.15, -0.1) is 0 Å². The van der Waals surface area contributed by atoms with Crippen LogP contribution < -0.4 is 5.32 Å². The van der Waals surface area contributed by atoms with Gasteiger partial charge in [-0.05, 0) is 13.3 Å². The van der Waals surface area contributed by atoms with Gasteiger partial charge in [-0.25, -0.2) is 0 Å². The van der Waals surface area contributed by atoms with Crippen molar-refractivity contribution in [3.8, 4) is 0 Å². The number of carbonyl (C=O) groups is 2. The van der Waals surface area contributed by atoms with Crippen LogP contribution in [0.25, 0.3) is 0 Å². The fourth-order valence-corrected chi connectivity index (χ4v) is 1.25. The van der Waals surface area contributed by atoms with Crippen LogP contribution in [0, 0.1) is 5.92 Å². The van der Waals surface area contributed by atoms with Crippen LogP contribution >= 0.6 is 0 Å². The van der Waals surface area contributed by atoms with E-state index < -0.39 is 0 Å². The normalized spacial score (nSPS) is 23.1. The molecule has 68 valence electrons. The van der Waals surface area contributed by atoms with Crippen molar-refractivity contribution in [3.63, 3.8) is 0 Å². The molecular weight excluding hydrogens is 158 g/mol. The average molecular weight is 171 g/mol. The first kappa shape index (κ1) is 9.03. The second kappa shape index (κ2) is 4.09. The van der Waals surface area contributed by atoms with E-state index in [1.807, 2.05) is 0 Å². The number of ether oxygens (including phenoxy) is 1. The number of carbonyl (C=O) groups excluding carboxylic acids is 2. The molecule has 0 radical (unpaired) electrons. The van der Waals surface area contributed by atoms with E-state index in [0.29, 0.717) is 19.6 Å². The quantitative estimate of drug-likeness (QED) is 0.598. The zero-order valence-electron chi connectivity index (χ0n) is 7.13. The summed E-state index contributed by atoms with van der Waals surface area (Å²) in [7, 11) is 0. The van der Waals surface area contributed by atoms with Gasteiger partial charge in [0.1, 0.15) is 0 Å². The molecule has 4 nitrogen and oxygen atoms in total. The fraction of sp³-hybridized carbons (Fsp3) is 0.750. The molecule has 0 saturated carbocycles. The number of rotatable bonds is 2. The second-order valence-electron chi connectivity index (χ2n) is 2.79. The minimum Gasteiger partial charge on any atom is -0.466 e. The van der Waals surface area contributed by atoms with Crippen LogP contribution in [0.15, 0.2) is 0 Å². The highest BCUT2D eigenvalue weighted by molar-refractivity contribution is 5.84. The molecule has 1 atom stereocenters. The molecule has 1 amide bonds. The maximum Gasteiger partial charge on any atom is 0.309 e. The molecule has 1 aliphatic heterocycles. The summed E-state index contributed by atoms with van der Waals surface area (Å²) in [6, 6.07) is 0. The van der Waals surface area contributed by atoms with E-state index in [9.17, 15) is 9.59 Å². The highest BCUT2D eigenvalue weighted by Gasteiger charge is 2.26. The van der Waals surface area contributed by atoms with Crippen molar-refractivity contribution in [2.24, 2.45) is 5.92 Å².